The van der Waals surface area contributed by atoms with Gasteiger partial charge in [0.25, 0.3) is 5.91 Å². The van der Waals surface area contributed by atoms with Crippen LogP contribution in [-0.2, 0) is 16.1 Å². The van der Waals surface area contributed by atoms with E-state index in [1.807, 2.05) is 30.3 Å². The van der Waals surface area contributed by atoms with E-state index in [2.05, 4.69) is 22.9 Å². The van der Waals surface area contributed by atoms with Crippen LogP contribution in [0, 0.1) is 5.92 Å². The predicted octanol–water partition coefficient (Wildman–Crippen LogP) is 3.25. The summed E-state index contributed by atoms with van der Waals surface area (Å²) < 4.78 is 0. The Morgan fingerprint density at radius 2 is 1.59 bits per heavy atom. The van der Waals surface area contributed by atoms with Gasteiger partial charge in [0.1, 0.15) is 0 Å². The number of carbonyl (C=O) groups excluding carboxylic acids is 3. The fraction of sp³-hybridized carbons (Fsp3) is 0.348. The molecule has 3 amide bonds. The van der Waals surface area contributed by atoms with Crippen molar-refractivity contribution in [3.8, 4) is 0 Å². The second-order valence-electron chi connectivity index (χ2n) is 7.51. The highest BCUT2D eigenvalue weighted by atomic mass is 16.2. The Bertz CT molecular complexity index is 867. The Morgan fingerprint density at radius 3 is 2.34 bits per heavy atom. The van der Waals surface area contributed by atoms with Gasteiger partial charge in [0, 0.05) is 12.6 Å². The molecule has 0 aromatic heterocycles. The van der Waals surface area contributed by atoms with Crippen molar-refractivity contribution in [2.45, 2.75) is 45.2 Å². The number of hydrogen-bond acceptors (Lipinski definition) is 3. The largest absolute Gasteiger partial charge is 0.348 e. The first-order chi connectivity index (χ1) is 14.0. The maximum Gasteiger partial charge on any atom is 0.313 e. The lowest BCUT2D eigenvalue weighted by atomic mass is 9.86. The topological polar surface area (TPSA) is 87.3 Å². The SMILES string of the molecule is C[C@@H]1CCCC[C@@H]1NC(=O)C(=O)Nc1ccccc1C(=O)NCc1ccccc1. The highest BCUT2D eigenvalue weighted by Crippen LogP contribution is 2.23. The first-order valence-corrected chi connectivity index (χ1v) is 10.1. The number of carbonyl (C=O) groups is 3. The quantitative estimate of drug-likeness (QED) is 0.682. The van der Waals surface area contributed by atoms with Crippen molar-refractivity contribution in [2.24, 2.45) is 5.92 Å². The summed E-state index contributed by atoms with van der Waals surface area (Å²) in [5.74, 6) is -1.38. The van der Waals surface area contributed by atoms with Crippen LogP contribution in [0.1, 0.15) is 48.5 Å². The van der Waals surface area contributed by atoms with Crippen LogP contribution in [0.15, 0.2) is 54.6 Å². The van der Waals surface area contributed by atoms with Gasteiger partial charge in [0.2, 0.25) is 0 Å². The molecule has 0 radical (unpaired) electrons. The molecule has 2 aromatic rings. The van der Waals surface area contributed by atoms with E-state index in [0.29, 0.717) is 23.7 Å². The van der Waals surface area contributed by atoms with Crippen LogP contribution in [-0.4, -0.2) is 23.8 Å². The van der Waals surface area contributed by atoms with Gasteiger partial charge in [-0.2, -0.15) is 0 Å². The average Bonchev–Trinajstić information content (AvgIpc) is 2.74. The summed E-state index contributed by atoms with van der Waals surface area (Å²) in [5, 5.41) is 8.25. The minimum Gasteiger partial charge on any atom is -0.348 e. The molecule has 6 nitrogen and oxygen atoms in total. The van der Waals surface area contributed by atoms with Gasteiger partial charge in [-0.3, -0.25) is 14.4 Å². The van der Waals surface area contributed by atoms with Crippen LogP contribution < -0.4 is 16.0 Å². The van der Waals surface area contributed by atoms with Gasteiger partial charge in [-0.05, 0) is 36.5 Å². The third-order valence-corrected chi connectivity index (χ3v) is 5.35. The summed E-state index contributed by atoms with van der Waals surface area (Å²) in [7, 11) is 0. The molecular weight excluding hydrogens is 366 g/mol. The molecule has 0 heterocycles. The monoisotopic (exact) mass is 393 g/mol. The van der Waals surface area contributed by atoms with Crippen LogP contribution in [0.5, 0.6) is 0 Å². The zero-order chi connectivity index (χ0) is 20.6. The second-order valence-corrected chi connectivity index (χ2v) is 7.51. The van der Waals surface area contributed by atoms with Crippen molar-refractivity contribution >= 4 is 23.4 Å². The van der Waals surface area contributed by atoms with Crippen molar-refractivity contribution in [1.29, 1.82) is 0 Å². The zero-order valence-corrected chi connectivity index (χ0v) is 16.6. The summed E-state index contributed by atoms with van der Waals surface area (Å²) in [5.41, 5.74) is 1.61. The molecule has 6 heteroatoms. The lowest BCUT2D eigenvalue weighted by Gasteiger charge is -2.29. The molecule has 3 N–H and O–H groups in total. The van der Waals surface area contributed by atoms with Crippen molar-refractivity contribution in [2.75, 3.05) is 5.32 Å². The van der Waals surface area contributed by atoms with Crippen LogP contribution in [0.3, 0.4) is 0 Å². The summed E-state index contributed by atoms with van der Waals surface area (Å²) >= 11 is 0. The molecule has 1 aliphatic carbocycles. The number of amides is 3. The second kappa shape index (κ2) is 9.87. The Kier molecular flexibility index (Phi) is 7.00. The van der Waals surface area contributed by atoms with E-state index in [1.165, 1.54) is 0 Å². The average molecular weight is 393 g/mol. The summed E-state index contributed by atoms with van der Waals surface area (Å²) in [6, 6.07) is 16.3. The molecule has 0 aliphatic heterocycles. The van der Waals surface area contributed by atoms with Crippen LogP contribution in [0.4, 0.5) is 5.69 Å². The molecule has 2 atom stereocenters. The molecule has 2 aromatic carbocycles. The van der Waals surface area contributed by atoms with Gasteiger partial charge in [-0.25, -0.2) is 0 Å². The third-order valence-electron chi connectivity index (χ3n) is 5.35. The molecule has 1 fully saturated rings. The Hall–Kier alpha value is -3.15. The van der Waals surface area contributed by atoms with Gasteiger partial charge in [-0.1, -0.05) is 62.2 Å². The number of nitrogens with one attached hydrogen (secondary N) is 3. The smallest absolute Gasteiger partial charge is 0.313 e. The number of rotatable bonds is 5. The summed E-state index contributed by atoms with van der Waals surface area (Å²) in [6.45, 7) is 2.47. The van der Waals surface area contributed by atoms with E-state index < -0.39 is 11.8 Å². The molecule has 3 rings (SSSR count). The molecule has 1 aliphatic rings. The number of benzene rings is 2. The van der Waals surface area contributed by atoms with Crippen molar-refractivity contribution in [3.63, 3.8) is 0 Å². The molecule has 0 spiro atoms. The Morgan fingerprint density at radius 1 is 0.897 bits per heavy atom. The summed E-state index contributed by atoms with van der Waals surface area (Å²) in [4.78, 5) is 37.3. The number of hydrogen-bond donors (Lipinski definition) is 3. The first kappa shape index (κ1) is 20.6. The summed E-state index contributed by atoms with van der Waals surface area (Å²) in [6.07, 6.45) is 4.15. The van der Waals surface area contributed by atoms with E-state index in [9.17, 15) is 14.4 Å². The van der Waals surface area contributed by atoms with E-state index in [-0.39, 0.29) is 11.9 Å². The molecule has 29 heavy (non-hydrogen) atoms. The lowest BCUT2D eigenvalue weighted by molar-refractivity contribution is -0.137. The van der Waals surface area contributed by atoms with Gasteiger partial charge >= 0.3 is 11.8 Å². The molecule has 0 saturated heterocycles. The van der Waals surface area contributed by atoms with E-state index in [4.69, 9.17) is 0 Å². The first-order valence-electron chi connectivity index (χ1n) is 10.1. The van der Waals surface area contributed by atoms with Crippen LogP contribution in [0.2, 0.25) is 0 Å². The zero-order valence-electron chi connectivity index (χ0n) is 16.6. The maximum absolute atomic E-state index is 12.6. The highest BCUT2D eigenvalue weighted by molar-refractivity contribution is 6.40. The maximum atomic E-state index is 12.6. The van der Waals surface area contributed by atoms with Crippen molar-refractivity contribution in [3.05, 3.63) is 65.7 Å². The van der Waals surface area contributed by atoms with Crippen LogP contribution >= 0.6 is 0 Å². The normalized spacial score (nSPS) is 18.5. The molecular formula is C23H27N3O3. The van der Waals surface area contributed by atoms with Crippen LogP contribution in [0.25, 0.3) is 0 Å². The number of para-hydroxylation sites is 1. The highest BCUT2D eigenvalue weighted by Gasteiger charge is 2.26. The molecule has 0 bridgehead atoms. The lowest BCUT2D eigenvalue weighted by Crippen LogP contribution is -2.46. The van der Waals surface area contributed by atoms with Crippen molar-refractivity contribution < 1.29 is 14.4 Å². The van der Waals surface area contributed by atoms with E-state index in [0.717, 1.165) is 31.2 Å². The van der Waals surface area contributed by atoms with Gasteiger partial charge in [0.05, 0.1) is 11.3 Å². The van der Waals surface area contributed by atoms with E-state index >= 15 is 0 Å². The molecule has 1 saturated carbocycles. The molecule has 0 unspecified atom stereocenters. The Balaban J connectivity index is 1.61. The van der Waals surface area contributed by atoms with Gasteiger partial charge in [-0.15, -0.1) is 0 Å². The standard InChI is InChI=1S/C23H27N3O3/c1-16-9-5-7-13-19(16)25-22(28)23(29)26-20-14-8-6-12-18(20)21(27)24-15-17-10-3-2-4-11-17/h2-4,6,8,10-12,14,16,19H,5,7,9,13,15H2,1H3,(H,24,27)(H,25,28)(H,26,29)/t16-,19+/m1/s1. The predicted molar refractivity (Wildman–Crippen MR) is 112 cm³/mol. The Labute approximate surface area is 171 Å². The van der Waals surface area contributed by atoms with Gasteiger partial charge < -0.3 is 16.0 Å². The third kappa shape index (κ3) is 5.67. The fourth-order valence-corrected chi connectivity index (χ4v) is 3.61. The van der Waals surface area contributed by atoms with Crippen molar-refractivity contribution in [1.82, 2.24) is 10.6 Å². The number of anilines is 1. The minimum absolute atomic E-state index is 0.0198. The van der Waals surface area contributed by atoms with E-state index in [1.54, 1.807) is 24.3 Å². The van der Waals surface area contributed by atoms with Gasteiger partial charge in [0.15, 0.2) is 0 Å². The minimum atomic E-state index is -0.758. The molecule has 152 valence electrons. The fourth-order valence-electron chi connectivity index (χ4n) is 3.61.